The lowest BCUT2D eigenvalue weighted by atomic mass is 9.64. The zero-order valence-electron chi connectivity index (χ0n) is 10.7. The summed E-state index contributed by atoms with van der Waals surface area (Å²) >= 11 is 0. The van der Waals surface area contributed by atoms with Gasteiger partial charge in [-0.1, -0.05) is 19.6 Å². The van der Waals surface area contributed by atoms with Crippen LogP contribution >= 0.6 is 0 Å². The Morgan fingerprint density at radius 1 is 1.56 bits per heavy atom. The molecule has 3 rings (SSSR count). The van der Waals surface area contributed by atoms with Gasteiger partial charge in [-0.3, -0.25) is 0 Å². The van der Waals surface area contributed by atoms with E-state index in [9.17, 15) is 4.79 Å². The van der Waals surface area contributed by atoms with E-state index in [2.05, 4.69) is 20.1 Å². The number of furan rings is 1. The van der Waals surface area contributed by atoms with Crippen molar-refractivity contribution in [1.82, 2.24) is 0 Å². The molecule has 3 nitrogen and oxygen atoms in total. The lowest BCUT2D eigenvalue weighted by molar-refractivity contribution is -0.140. The maximum atomic E-state index is 11.8. The predicted molar refractivity (Wildman–Crippen MR) is 66.9 cm³/mol. The summed E-state index contributed by atoms with van der Waals surface area (Å²) in [5, 5.41) is 0. The molecule has 0 N–H and O–H groups in total. The number of hydrogen-bond donors (Lipinski definition) is 0. The Morgan fingerprint density at radius 2 is 2.28 bits per heavy atom. The Bertz CT molecular complexity index is 566. The largest absolute Gasteiger partial charge is 0.469 e. The van der Waals surface area contributed by atoms with Crippen LogP contribution in [-0.4, -0.2) is 5.97 Å². The van der Waals surface area contributed by atoms with Gasteiger partial charge in [0.05, 0.1) is 6.26 Å². The minimum atomic E-state index is -0.300. The molecule has 0 spiro atoms. The standard InChI is InChI=1S/C15H16O3/c1-5-15(4)6-10-11(8(2)7-17-10)13-12(15)9(3)14(16)18-13/h5,7,12-13H,1,3,6H2,2,4H3/t12-,13-,15-/m1/s1. The van der Waals surface area contributed by atoms with Crippen molar-refractivity contribution >= 4 is 5.97 Å². The van der Waals surface area contributed by atoms with Gasteiger partial charge in [0.1, 0.15) is 11.9 Å². The summed E-state index contributed by atoms with van der Waals surface area (Å²) in [7, 11) is 0. The van der Waals surface area contributed by atoms with Crippen LogP contribution in [0.1, 0.15) is 29.9 Å². The molecule has 1 aliphatic carbocycles. The molecule has 1 fully saturated rings. The van der Waals surface area contributed by atoms with Gasteiger partial charge < -0.3 is 9.15 Å². The van der Waals surface area contributed by atoms with E-state index in [0.29, 0.717) is 5.57 Å². The number of esters is 1. The molecule has 18 heavy (non-hydrogen) atoms. The minimum Gasteiger partial charge on any atom is -0.469 e. The molecule has 94 valence electrons. The van der Waals surface area contributed by atoms with Gasteiger partial charge >= 0.3 is 5.97 Å². The summed E-state index contributed by atoms with van der Waals surface area (Å²) in [6, 6.07) is 0. The van der Waals surface area contributed by atoms with Crippen molar-refractivity contribution in [3.8, 4) is 0 Å². The Kier molecular flexibility index (Phi) is 2.12. The molecule has 0 saturated carbocycles. The van der Waals surface area contributed by atoms with Crippen LogP contribution < -0.4 is 0 Å². The topological polar surface area (TPSA) is 39.4 Å². The predicted octanol–water partition coefficient (Wildman–Crippen LogP) is 3.11. The highest BCUT2D eigenvalue weighted by Gasteiger charge is 2.54. The highest BCUT2D eigenvalue weighted by molar-refractivity contribution is 5.91. The molecule has 2 heterocycles. The maximum absolute atomic E-state index is 11.8. The summed E-state index contributed by atoms with van der Waals surface area (Å²) in [5.41, 5.74) is 2.36. The molecule has 1 aliphatic heterocycles. The van der Waals surface area contributed by atoms with E-state index in [1.807, 2.05) is 13.0 Å². The minimum absolute atomic E-state index is 0.0358. The molecule has 0 aromatic carbocycles. The van der Waals surface area contributed by atoms with Crippen LogP contribution in [0.15, 0.2) is 35.5 Å². The Hall–Kier alpha value is -1.77. The first kappa shape index (κ1) is 11.3. The van der Waals surface area contributed by atoms with Crippen LogP contribution in [0.2, 0.25) is 0 Å². The van der Waals surface area contributed by atoms with Crippen LogP contribution in [0.5, 0.6) is 0 Å². The third-order valence-corrected chi connectivity index (χ3v) is 4.28. The number of carbonyl (C=O) groups excluding carboxylic acids is 1. The van der Waals surface area contributed by atoms with Crippen molar-refractivity contribution in [1.29, 1.82) is 0 Å². The third-order valence-electron chi connectivity index (χ3n) is 4.28. The van der Waals surface area contributed by atoms with Crippen molar-refractivity contribution in [2.24, 2.45) is 11.3 Å². The van der Waals surface area contributed by atoms with E-state index in [4.69, 9.17) is 9.15 Å². The van der Waals surface area contributed by atoms with Crippen LogP contribution in [0.3, 0.4) is 0 Å². The third kappa shape index (κ3) is 1.22. The van der Waals surface area contributed by atoms with Crippen molar-refractivity contribution in [3.05, 3.63) is 48.0 Å². The van der Waals surface area contributed by atoms with Crippen LogP contribution in [0.4, 0.5) is 0 Å². The highest BCUT2D eigenvalue weighted by Crippen LogP contribution is 2.55. The first-order chi connectivity index (χ1) is 8.48. The molecule has 0 unspecified atom stereocenters. The Labute approximate surface area is 106 Å². The average molecular weight is 244 g/mol. The molecule has 3 heteroatoms. The number of rotatable bonds is 1. The summed E-state index contributed by atoms with van der Waals surface area (Å²) < 4.78 is 11.1. The number of fused-ring (bicyclic) bond motifs is 3. The lowest BCUT2D eigenvalue weighted by Gasteiger charge is -2.38. The number of carbonyl (C=O) groups is 1. The summed E-state index contributed by atoms with van der Waals surface area (Å²) in [5.74, 6) is 0.566. The summed E-state index contributed by atoms with van der Waals surface area (Å²) in [6.45, 7) is 11.9. The second-order valence-corrected chi connectivity index (χ2v) is 5.47. The van der Waals surface area contributed by atoms with Crippen LogP contribution in [0, 0.1) is 18.3 Å². The van der Waals surface area contributed by atoms with Gasteiger partial charge in [0.2, 0.25) is 0 Å². The Balaban J connectivity index is 2.21. The zero-order chi connectivity index (χ0) is 13.1. The van der Waals surface area contributed by atoms with Gasteiger partial charge in [-0.25, -0.2) is 4.79 Å². The molecule has 3 atom stereocenters. The second kappa shape index (κ2) is 3.37. The monoisotopic (exact) mass is 244 g/mol. The normalized spacial score (nSPS) is 33.9. The fourth-order valence-electron chi connectivity index (χ4n) is 3.22. The summed E-state index contributed by atoms with van der Waals surface area (Å²) in [6.07, 6.45) is 4.08. The van der Waals surface area contributed by atoms with Gasteiger partial charge in [0.15, 0.2) is 0 Å². The zero-order valence-corrected chi connectivity index (χ0v) is 10.7. The van der Waals surface area contributed by atoms with E-state index in [-0.39, 0.29) is 23.4 Å². The molecule has 1 aromatic rings. The van der Waals surface area contributed by atoms with Gasteiger partial charge in [-0.15, -0.1) is 6.58 Å². The van der Waals surface area contributed by atoms with Crippen LogP contribution in [0.25, 0.3) is 0 Å². The quantitative estimate of drug-likeness (QED) is 0.433. The molecule has 0 amide bonds. The van der Waals surface area contributed by atoms with E-state index in [1.165, 1.54) is 0 Å². The molecular formula is C15H16O3. The number of aryl methyl sites for hydroxylation is 1. The number of ether oxygens (including phenoxy) is 1. The van der Waals surface area contributed by atoms with Crippen molar-refractivity contribution in [2.75, 3.05) is 0 Å². The van der Waals surface area contributed by atoms with Gasteiger partial charge in [0, 0.05) is 28.9 Å². The van der Waals surface area contributed by atoms with Crippen LogP contribution in [-0.2, 0) is 16.0 Å². The maximum Gasteiger partial charge on any atom is 0.334 e. The van der Waals surface area contributed by atoms with E-state index >= 15 is 0 Å². The molecular weight excluding hydrogens is 228 g/mol. The first-order valence-corrected chi connectivity index (χ1v) is 6.08. The first-order valence-electron chi connectivity index (χ1n) is 6.08. The molecule has 2 aliphatic rings. The van der Waals surface area contributed by atoms with E-state index < -0.39 is 0 Å². The van der Waals surface area contributed by atoms with Gasteiger partial charge in [-0.05, 0) is 12.5 Å². The number of hydrogen-bond acceptors (Lipinski definition) is 3. The second-order valence-electron chi connectivity index (χ2n) is 5.47. The van der Waals surface area contributed by atoms with E-state index in [1.54, 1.807) is 6.26 Å². The smallest absolute Gasteiger partial charge is 0.334 e. The fraction of sp³-hybridized carbons (Fsp3) is 0.400. The molecule has 1 aromatic heterocycles. The summed E-state index contributed by atoms with van der Waals surface area (Å²) in [4.78, 5) is 11.8. The Morgan fingerprint density at radius 3 is 2.94 bits per heavy atom. The van der Waals surface area contributed by atoms with Gasteiger partial charge in [0.25, 0.3) is 0 Å². The highest BCUT2D eigenvalue weighted by atomic mass is 16.6. The van der Waals surface area contributed by atoms with Crippen molar-refractivity contribution in [2.45, 2.75) is 26.4 Å². The number of allylic oxidation sites excluding steroid dienone is 1. The molecule has 1 saturated heterocycles. The lowest BCUT2D eigenvalue weighted by Crippen LogP contribution is -2.35. The molecule has 0 bridgehead atoms. The van der Waals surface area contributed by atoms with Gasteiger partial charge in [-0.2, -0.15) is 0 Å². The molecule has 0 radical (unpaired) electrons. The fourth-order valence-corrected chi connectivity index (χ4v) is 3.22. The van der Waals surface area contributed by atoms with Crippen molar-refractivity contribution in [3.63, 3.8) is 0 Å². The average Bonchev–Trinajstić information content (AvgIpc) is 2.82. The van der Waals surface area contributed by atoms with Crippen molar-refractivity contribution < 1.29 is 13.9 Å². The SMILES string of the molecule is C=C[C@]1(C)Cc2occ(C)c2[C@H]2OC(=O)C(=C)[C@H]21. The van der Waals surface area contributed by atoms with E-state index in [0.717, 1.165) is 23.3 Å².